The molecule has 1 saturated heterocycles. The van der Waals surface area contributed by atoms with E-state index in [1.807, 2.05) is 6.08 Å². The number of carbonyl (C=O) groups is 1. The molecule has 29 heavy (non-hydrogen) atoms. The maximum atomic E-state index is 12.3. The van der Waals surface area contributed by atoms with Crippen LogP contribution in [0.1, 0.15) is 61.3 Å². The number of hydrogen-bond acceptors (Lipinski definition) is 6. The molecule has 0 aromatic carbocycles. The van der Waals surface area contributed by atoms with Crippen LogP contribution in [0.3, 0.4) is 0 Å². The summed E-state index contributed by atoms with van der Waals surface area (Å²) >= 11 is 0. The quantitative estimate of drug-likeness (QED) is 0.583. The molecule has 0 radical (unpaired) electrons. The second-order valence-corrected chi connectivity index (χ2v) is 8.44. The Bertz CT molecular complexity index is 634. The highest BCUT2D eigenvalue weighted by atomic mass is 16.3. The van der Waals surface area contributed by atoms with E-state index in [9.17, 15) is 9.90 Å². The van der Waals surface area contributed by atoms with Gasteiger partial charge in [-0.25, -0.2) is 4.98 Å². The van der Waals surface area contributed by atoms with Crippen LogP contribution in [0.5, 0.6) is 0 Å². The monoisotopic (exact) mass is 404 g/mol. The fourth-order valence-corrected chi connectivity index (χ4v) is 4.23. The van der Waals surface area contributed by atoms with Gasteiger partial charge in [-0.05, 0) is 31.6 Å². The van der Waals surface area contributed by atoms with E-state index in [0.29, 0.717) is 30.6 Å². The summed E-state index contributed by atoms with van der Waals surface area (Å²) in [7, 11) is 0. The van der Waals surface area contributed by atoms with Crippen molar-refractivity contribution in [2.45, 2.75) is 57.6 Å². The zero-order chi connectivity index (χ0) is 20.5. The van der Waals surface area contributed by atoms with Gasteiger partial charge in [-0.1, -0.05) is 25.3 Å². The minimum absolute atomic E-state index is 0.135. The number of aliphatic hydroxyl groups excluding tert-OH is 1. The summed E-state index contributed by atoms with van der Waals surface area (Å²) in [5, 5.41) is 13.1. The van der Waals surface area contributed by atoms with Crippen LogP contribution >= 0.6 is 0 Å². The van der Waals surface area contributed by atoms with E-state index in [4.69, 9.17) is 4.42 Å². The summed E-state index contributed by atoms with van der Waals surface area (Å²) in [6.45, 7) is 9.41. The minimum Gasteiger partial charge on any atom is -0.447 e. The van der Waals surface area contributed by atoms with Crippen molar-refractivity contribution < 1.29 is 14.3 Å². The first-order chi connectivity index (χ1) is 14.1. The second-order valence-electron chi connectivity index (χ2n) is 8.44. The van der Waals surface area contributed by atoms with Crippen LogP contribution in [-0.4, -0.2) is 71.2 Å². The van der Waals surface area contributed by atoms with E-state index >= 15 is 0 Å². The van der Waals surface area contributed by atoms with Crippen molar-refractivity contribution in [1.82, 2.24) is 20.1 Å². The molecular weight excluding hydrogens is 368 g/mol. The van der Waals surface area contributed by atoms with E-state index in [1.165, 1.54) is 38.4 Å². The Balaban J connectivity index is 1.36. The average Bonchev–Trinajstić information content (AvgIpc) is 3.21. The van der Waals surface area contributed by atoms with Crippen molar-refractivity contribution in [3.05, 3.63) is 30.5 Å². The number of carbonyl (C=O) groups excluding carboxylic acids is 1. The predicted octanol–water partition coefficient (Wildman–Crippen LogP) is 2.43. The summed E-state index contributed by atoms with van der Waals surface area (Å²) < 4.78 is 5.54. The van der Waals surface area contributed by atoms with E-state index in [0.717, 1.165) is 45.6 Å². The van der Waals surface area contributed by atoms with E-state index in [2.05, 4.69) is 26.7 Å². The van der Waals surface area contributed by atoms with Crippen molar-refractivity contribution in [3.63, 3.8) is 0 Å². The molecular formula is C22H36N4O3. The number of oxazole rings is 1. The molecule has 1 aromatic heterocycles. The van der Waals surface area contributed by atoms with Gasteiger partial charge in [0, 0.05) is 39.3 Å². The number of rotatable bonds is 10. The summed E-state index contributed by atoms with van der Waals surface area (Å²) in [6, 6.07) is 0. The van der Waals surface area contributed by atoms with Gasteiger partial charge in [-0.15, -0.1) is 6.58 Å². The number of allylic oxidation sites excluding steroid dienone is 1. The van der Waals surface area contributed by atoms with E-state index in [1.54, 1.807) is 0 Å². The Hall–Kier alpha value is -1.70. The summed E-state index contributed by atoms with van der Waals surface area (Å²) in [6.07, 6.45) is 10.9. The van der Waals surface area contributed by atoms with Crippen molar-refractivity contribution in [2.75, 3.05) is 39.3 Å². The molecule has 1 aliphatic carbocycles. The second kappa shape index (κ2) is 11.5. The Morgan fingerprint density at radius 2 is 2.00 bits per heavy atom. The van der Waals surface area contributed by atoms with Gasteiger partial charge in [0.2, 0.25) is 5.89 Å². The van der Waals surface area contributed by atoms with Gasteiger partial charge in [0.1, 0.15) is 6.26 Å². The number of aliphatic hydroxyl groups is 1. The average molecular weight is 405 g/mol. The lowest BCUT2D eigenvalue weighted by Crippen LogP contribution is -2.48. The molecule has 7 nitrogen and oxygen atoms in total. The molecule has 1 unspecified atom stereocenters. The van der Waals surface area contributed by atoms with Crippen molar-refractivity contribution >= 4 is 5.91 Å². The van der Waals surface area contributed by atoms with Crippen LogP contribution in [0.4, 0.5) is 0 Å². The normalized spacial score (nSPS) is 20.4. The lowest BCUT2D eigenvalue weighted by atomic mass is 9.89. The summed E-state index contributed by atoms with van der Waals surface area (Å²) in [5.74, 6) is 1.06. The van der Waals surface area contributed by atoms with Crippen LogP contribution in [0.15, 0.2) is 23.3 Å². The van der Waals surface area contributed by atoms with E-state index in [-0.39, 0.29) is 12.0 Å². The Morgan fingerprint density at radius 3 is 2.72 bits per heavy atom. The van der Waals surface area contributed by atoms with Crippen LogP contribution in [0.2, 0.25) is 0 Å². The Morgan fingerprint density at radius 1 is 1.28 bits per heavy atom. The smallest absolute Gasteiger partial charge is 0.273 e. The number of nitrogens with zero attached hydrogens (tertiary/aromatic N) is 3. The first-order valence-electron chi connectivity index (χ1n) is 11.1. The molecule has 1 amide bonds. The fourth-order valence-electron chi connectivity index (χ4n) is 4.23. The zero-order valence-corrected chi connectivity index (χ0v) is 17.5. The molecule has 0 spiro atoms. The van der Waals surface area contributed by atoms with Crippen LogP contribution < -0.4 is 5.32 Å². The number of β-amino-alcohol motifs (C(OH)–C–C–N with tert-alkyl or cyclic N) is 1. The molecule has 2 heterocycles. The highest BCUT2D eigenvalue weighted by Gasteiger charge is 2.21. The molecule has 2 aliphatic rings. The molecule has 1 aliphatic heterocycles. The van der Waals surface area contributed by atoms with Crippen molar-refractivity contribution in [3.8, 4) is 0 Å². The molecule has 7 heteroatoms. The van der Waals surface area contributed by atoms with Crippen LogP contribution in [0, 0.1) is 5.92 Å². The fraction of sp³-hybridized carbons (Fsp3) is 0.727. The third-order valence-electron chi connectivity index (χ3n) is 6.06. The minimum atomic E-state index is -0.291. The summed E-state index contributed by atoms with van der Waals surface area (Å²) in [4.78, 5) is 21.3. The molecule has 162 valence electrons. The van der Waals surface area contributed by atoms with Gasteiger partial charge in [0.15, 0.2) is 5.69 Å². The summed E-state index contributed by atoms with van der Waals surface area (Å²) in [5.41, 5.74) is 0.375. The molecule has 2 fully saturated rings. The van der Waals surface area contributed by atoms with Gasteiger partial charge in [-0.2, -0.15) is 0 Å². The first-order valence-corrected chi connectivity index (χ1v) is 11.1. The van der Waals surface area contributed by atoms with E-state index < -0.39 is 0 Å². The van der Waals surface area contributed by atoms with Crippen molar-refractivity contribution in [2.24, 2.45) is 5.92 Å². The van der Waals surface area contributed by atoms with Gasteiger partial charge >= 0.3 is 0 Å². The van der Waals surface area contributed by atoms with Gasteiger partial charge in [0.25, 0.3) is 5.91 Å². The third kappa shape index (κ3) is 7.24. The predicted molar refractivity (Wildman–Crippen MR) is 113 cm³/mol. The maximum Gasteiger partial charge on any atom is 0.273 e. The zero-order valence-electron chi connectivity index (χ0n) is 17.5. The standard InChI is InChI=1S/C22H36N4O3/c1-2-3-9-19(27)15-25-10-12-26(13-11-25)16-21-24-20(17-29-21)22(28)23-14-18-7-5-4-6-8-18/h2,17-19,27H,1,3-16H2,(H,23,28). The molecule has 1 saturated carbocycles. The molecule has 1 atom stereocenters. The number of hydrogen-bond donors (Lipinski definition) is 2. The highest BCUT2D eigenvalue weighted by Crippen LogP contribution is 2.22. The largest absolute Gasteiger partial charge is 0.447 e. The SMILES string of the molecule is C=CCCC(O)CN1CCN(Cc2nc(C(=O)NCC3CCCCC3)co2)CC1. The Labute approximate surface area is 174 Å². The Kier molecular flexibility index (Phi) is 8.70. The molecule has 0 bridgehead atoms. The van der Waals surface area contributed by atoms with Crippen molar-refractivity contribution in [1.29, 1.82) is 0 Å². The maximum absolute atomic E-state index is 12.3. The topological polar surface area (TPSA) is 81.8 Å². The number of amides is 1. The first kappa shape index (κ1) is 22.0. The van der Waals surface area contributed by atoms with Gasteiger partial charge < -0.3 is 14.8 Å². The number of aromatic nitrogens is 1. The number of nitrogens with one attached hydrogen (secondary N) is 1. The molecule has 3 rings (SSSR count). The van der Waals surface area contributed by atoms with Crippen LogP contribution in [-0.2, 0) is 6.54 Å². The van der Waals surface area contributed by atoms with Crippen LogP contribution in [0.25, 0.3) is 0 Å². The third-order valence-corrected chi connectivity index (χ3v) is 6.06. The lowest BCUT2D eigenvalue weighted by Gasteiger charge is -2.34. The number of piperazine rings is 1. The van der Waals surface area contributed by atoms with Gasteiger partial charge in [0.05, 0.1) is 12.6 Å². The molecule has 1 aromatic rings. The lowest BCUT2D eigenvalue weighted by molar-refractivity contribution is 0.0642. The highest BCUT2D eigenvalue weighted by molar-refractivity contribution is 5.91. The molecule has 2 N–H and O–H groups in total. The van der Waals surface area contributed by atoms with Gasteiger partial charge in [-0.3, -0.25) is 14.6 Å².